The van der Waals surface area contributed by atoms with Crippen molar-refractivity contribution in [2.24, 2.45) is 0 Å². The molecule has 0 aliphatic rings. The lowest BCUT2D eigenvalue weighted by Crippen LogP contribution is -2.10. The summed E-state index contributed by atoms with van der Waals surface area (Å²) in [5.41, 5.74) is 8.55. The number of rotatable bonds is 5. The van der Waals surface area contributed by atoms with Crippen LogP contribution >= 0.6 is 0 Å². The second-order valence-electron chi connectivity index (χ2n) is 4.74. The number of anilines is 1. The highest BCUT2D eigenvalue weighted by Gasteiger charge is 2.11. The van der Waals surface area contributed by atoms with Crippen LogP contribution in [0.15, 0.2) is 54.6 Å². The summed E-state index contributed by atoms with van der Waals surface area (Å²) in [6, 6.07) is 17.3. The van der Waals surface area contributed by atoms with Crippen molar-refractivity contribution in [2.45, 2.75) is 25.9 Å². The zero-order valence-electron chi connectivity index (χ0n) is 11.6. The van der Waals surface area contributed by atoms with Gasteiger partial charge >= 0.3 is 5.97 Å². The van der Waals surface area contributed by atoms with Gasteiger partial charge in [-0.25, -0.2) is 0 Å². The van der Waals surface area contributed by atoms with E-state index in [4.69, 9.17) is 10.5 Å². The van der Waals surface area contributed by atoms with Crippen molar-refractivity contribution < 1.29 is 9.53 Å². The first-order valence-corrected chi connectivity index (χ1v) is 6.74. The van der Waals surface area contributed by atoms with E-state index in [1.54, 1.807) is 0 Å². The van der Waals surface area contributed by atoms with Crippen molar-refractivity contribution in [1.82, 2.24) is 0 Å². The van der Waals surface area contributed by atoms with Gasteiger partial charge in [-0.05, 0) is 30.5 Å². The molecule has 0 fully saturated rings. The number of aryl methyl sites for hydroxylation is 1. The number of carbonyl (C=O) groups excluding carboxylic acids is 1. The normalized spacial score (nSPS) is 11.8. The first kappa shape index (κ1) is 14.1. The van der Waals surface area contributed by atoms with Crippen molar-refractivity contribution >= 4 is 11.7 Å². The fraction of sp³-hybridized carbons (Fsp3) is 0.235. The van der Waals surface area contributed by atoms with Gasteiger partial charge in [0.2, 0.25) is 0 Å². The van der Waals surface area contributed by atoms with Gasteiger partial charge in [0, 0.05) is 12.1 Å². The van der Waals surface area contributed by atoms with Crippen LogP contribution in [0.4, 0.5) is 5.69 Å². The molecule has 2 aromatic rings. The molecule has 1 unspecified atom stereocenters. The largest absolute Gasteiger partial charge is 0.458 e. The zero-order valence-corrected chi connectivity index (χ0v) is 11.6. The maximum Gasteiger partial charge on any atom is 0.306 e. The van der Waals surface area contributed by atoms with E-state index in [0.29, 0.717) is 12.8 Å². The lowest BCUT2D eigenvalue weighted by molar-refractivity contribution is -0.148. The molecule has 104 valence electrons. The SMILES string of the molecule is CC(OC(=O)CCc1ccccc1N)c1ccccc1. The Bertz CT molecular complexity index is 566. The van der Waals surface area contributed by atoms with Crippen LogP contribution in [0.25, 0.3) is 0 Å². The van der Waals surface area contributed by atoms with E-state index in [2.05, 4.69) is 0 Å². The van der Waals surface area contributed by atoms with Crippen molar-refractivity contribution in [1.29, 1.82) is 0 Å². The predicted octanol–water partition coefficient (Wildman–Crippen LogP) is 3.51. The van der Waals surface area contributed by atoms with Crippen LogP contribution in [-0.4, -0.2) is 5.97 Å². The standard InChI is InChI=1S/C17H19NO2/c1-13(14-7-3-2-4-8-14)20-17(19)12-11-15-9-5-6-10-16(15)18/h2-10,13H,11-12,18H2,1H3. The second-order valence-corrected chi connectivity index (χ2v) is 4.74. The molecular weight excluding hydrogens is 250 g/mol. The molecule has 0 amide bonds. The Hall–Kier alpha value is -2.29. The smallest absolute Gasteiger partial charge is 0.306 e. The molecule has 0 aromatic heterocycles. The number of nitrogens with two attached hydrogens (primary N) is 1. The summed E-state index contributed by atoms with van der Waals surface area (Å²) < 4.78 is 5.42. The maximum atomic E-state index is 11.8. The highest BCUT2D eigenvalue weighted by molar-refractivity contribution is 5.70. The topological polar surface area (TPSA) is 52.3 Å². The molecule has 2 N–H and O–H groups in total. The van der Waals surface area contributed by atoms with Crippen molar-refractivity contribution in [3.8, 4) is 0 Å². The minimum atomic E-state index is -0.225. The van der Waals surface area contributed by atoms with Crippen molar-refractivity contribution in [2.75, 3.05) is 5.73 Å². The van der Waals surface area contributed by atoms with Gasteiger partial charge < -0.3 is 10.5 Å². The summed E-state index contributed by atoms with van der Waals surface area (Å²) in [6.45, 7) is 1.88. The number of benzene rings is 2. The molecule has 0 radical (unpaired) electrons. The van der Waals surface area contributed by atoms with Crippen molar-refractivity contribution in [3.05, 3.63) is 65.7 Å². The van der Waals surface area contributed by atoms with Crippen LogP contribution in [-0.2, 0) is 16.0 Å². The van der Waals surface area contributed by atoms with Crippen LogP contribution in [0.5, 0.6) is 0 Å². The van der Waals surface area contributed by atoms with E-state index in [-0.39, 0.29) is 12.1 Å². The molecule has 0 aliphatic heterocycles. The third-order valence-electron chi connectivity index (χ3n) is 3.23. The number of para-hydroxylation sites is 1. The Morgan fingerprint density at radius 2 is 1.75 bits per heavy atom. The number of esters is 1. The highest BCUT2D eigenvalue weighted by atomic mass is 16.5. The molecule has 3 heteroatoms. The number of ether oxygens (including phenoxy) is 1. The first-order valence-electron chi connectivity index (χ1n) is 6.74. The summed E-state index contributed by atoms with van der Waals surface area (Å²) in [4.78, 5) is 11.8. The summed E-state index contributed by atoms with van der Waals surface area (Å²) in [7, 11) is 0. The predicted molar refractivity (Wildman–Crippen MR) is 80.1 cm³/mol. The molecule has 0 saturated heterocycles. The van der Waals surface area contributed by atoms with E-state index in [9.17, 15) is 4.79 Å². The highest BCUT2D eigenvalue weighted by Crippen LogP contribution is 2.18. The van der Waals surface area contributed by atoms with Gasteiger partial charge in [-0.1, -0.05) is 48.5 Å². The number of hydrogen-bond acceptors (Lipinski definition) is 3. The van der Waals surface area contributed by atoms with Gasteiger partial charge in [-0.15, -0.1) is 0 Å². The molecule has 3 nitrogen and oxygen atoms in total. The first-order chi connectivity index (χ1) is 9.66. The third-order valence-corrected chi connectivity index (χ3v) is 3.23. The van der Waals surface area contributed by atoms with Gasteiger partial charge in [0.05, 0.1) is 0 Å². The molecule has 0 heterocycles. The van der Waals surface area contributed by atoms with Gasteiger partial charge in [0.25, 0.3) is 0 Å². The molecule has 1 atom stereocenters. The van der Waals surface area contributed by atoms with Gasteiger partial charge in [0.1, 0.15) is 6.10 Å². The fourth-order valence-electron chi connectivity index (χ4n) is 2.05. The molecule has 0 aliphatic carbocycles. The summed E-state index contributed by atoms with van der Waals surface area (Å²) in [6.07, 6.45) is 0.718. The minimum Gasteiger partial charge on any atom is -0.458 e. The lowest BCUT2D eigenvalue weighted by atomic mass is 10.1. The second kappa shape index (κ2) is 6.75. The zero-order chi connectivity index (χ0) is 14.4. The molecule has 0 spiro atoms. The van der Waals surface area contributed by atoms with Crippen LogP contribution in [0, 0.1) is 0 Å². The average Bonchev–Trinajstić information content (AvgIpc) is 2.47. The Kier molecular flexibility index (Phi) is 4.77. The molecule has 0 saturated carbocycles. The van der Waals surface area contributed by atoms with Crippen molar-refractivity contribution in [3.63, 3.8) is 0 Å². The molecule has 2 aromatic carbocycles. The molecule has 0 bridgehead atoms. The molecular formula is C17H19NO2. The number of carbonyl (C=O) groups is 1. The molecule has 20 heavy (non-hydrogen) atoms. The average molecular weight is 269 g/mol. The maximum absolute atomic E-state index is 11.8. The van der Waals surface area contributed by atoms with E-state index >= 15 is 0 Å². The summed E-state index contributed by atoms with van der Waals surface area (Å²) in [5.74, 6) is -0.204. The van der Waals surface area contributed by atoms with Crippen LogP contribution in [0.1, 0.15) is 30.6 Å². The number of hydrogen-bond donors (Lipinski definition) is 1. The lowest BCUT2D eigenvalue weighted by Gasteiger charge is -2.13. The quantitative estimate of drug-likeness (QED) is 0.667. The van der Waals surface area contributed by atoms with Gasteiger partial charge in [0.15, 0.2) is 0 Å². The Morgan fingerprint density at radius 3 is 2.45 bits per heavy atom. The molecule has 2 rings (SSSR count). The van der Waals surface area contributed by atoms with Crippen LogP contribution in [0.3, 0.4) is 0 Å². The summed E-state index contributed by atoms with van der Waals surface area (Å²) >= 11 is 0. The van der Waals surface area contributed by atoms with Crippen LogP contribution < -0.4 is 5.73 Å². The Morgan fingerprint density at radius 1 is 1.10 bits per heavy atom. The third kappa shape index (κ3) is 3.85. The van der Waals surface area contributed by atoms with E-state index in [1.807, 2.05) is 61.5 Å². The van der Waals surface area contributed by atoms with Crippen LogP contribution in [0.2, 0.25) is 0 Å². The Balaban J connectivity index is 1.86. The Labute approximate surface area is 119 Å². The van der Waals surface area contributed by atoms with E-state index in [1.165, 1.54) is 0 Å². The van der Waals surface area contributed by atoms with Gasteiger partial charge in [-0.3, -0.25) is 4.79 Å². The fourth-order valence-corrected chi connectivity index (χ4v) is 2.05. The van der Waals surface area contributed by atoms with Gasteiger partial charge in [-0.2, -0.15) is 0 Å². The monoisotopic (exact) mass is 269 g/mol. The van der Waals surface area contributed by atoms with E-state index in [0.717, 1.165) is 16.8 Å². The van der Waals surface area contributed by atoms with E-state index < -0.39 is 0 Å². The number of nitrogen functional groups attached to an aromatic ring is 1. The summed E-state index contributed by atoms with van der Waals surface area (Å²) in [5, 5.41) is 0. The minimum absolute atomic E-state index is 0.204.